The van der Waals surface area contributed by atoms with Crippen LogP contribution in [0, 0.1) is 50.2 Å². The number of aromatic nitrogens is 1. The average molecular weight is 634 g/mol. The quantitative estimate of drug-likeness (QED) is 0.441. The molecular weight excluding hydrogens is 586 g/mol. The number of carbonyl (C=O) groups excluding carboxylic acids is 2. The molecule has 3 fully saturated rings. The molecule has 242 valence electrons. The summed E-state index contributed by atoms with van der Waals surface area (Å²) in [6, 6.07) is 5.59. The van der Waals surface area contributed by atoms with E-state index in [0.717, 1.165) is 18.4 Å². The van der Waals surface area contributed by atoms with Crippen LogP contribution < -0.4 is 4.72 Å². The highest BCUT2D eigenvalue weighted by Crippen LogP contribution is 2.75. The molecule has 0 bridgehead atoms. The summed E-state index contributed by atoms with van der Waals surface area (Å²) in [6.45, 7) is 14.2. The third kappa shape index (κ3) is 4.27. The van der Waals surface area contributed by atoms with E-state index >= 15 is 0 Å². The van der Waals surface area contributed by atoms with Crippen molar-refractivity contribution < 1.29 is 23.1 Å². The van der Waals surface area contributed by atoms with Gasteiger partial charge in [-0.15, -0.1) is 0 Å². The topological polar surface area (TPSA) is 137 Å². The zero-order chi connectivity index (χ0) is 33.1. The van der Waals surface area contributed by atoms with Crippen LogP contribution in [0.2, 0.25) is 0 Å². The molecule has 1 aromatic rings. The second kappa shape index (κ2) is 9.68. The summed E-state index contributed by atoms with van der Waals surface area (Å²) in [5.74, 6) is -1.23. The number of hydrogen-bond donors (Lipinski definition) is 2. The lowest BCUT2D eigenvalue weighted by atomic mass is 9.33. The van der Waals surface area contributed by atoms with Gasteiger partial charge in [-0.3, -0.25) is 14.6 Å². The molecule has 0 saturated heterocycles. The molecule has 2 N–H and O–H groups in total. The molecule has 0 amide bonds. The number of Topliss-reactive ketones (excluding diaryl/α,β-unsaturated/α-hetero) is 1. The highest BCUT2D eigenvalue weighted by Gasteiger charge is 2.75. The van der Waals surface area contributed by atoms with Crippen LogP contribution in [0.25, 0.3) is 0 Å². The zero-order valence-corrected chi connectivity index (χ0v) is 28.5. The number of nitrogens with zero attached hydrogens (tertiary/aromatic N) is 2. The van der Waals surface area contributed by atoms with Gasteiger partial charge in [0.1, 0.15) is 11.7 Å². The number of rotatable bonds is 4. The fourth-order valence-corrected chi connectivity index (χ4v) is 12.6. The Morgan fingerprint density at radius 3 is 2.36 bits per heavy atom. The van der Waals surface area contributed by atoms with Gasteiger partial charge < -0.3 is 5.11 Å². The normalized spacial score (nSPS) is 43.9. The van der Waals surface area contributed by atoms with E-state index in [4.69, 9.17) is 0 Å². The number of nitriles is 1. The summed E-state index contributed by atoms with van der Waals surface area (Å²) < 4.78 is 29.8. The van der Waals surface area contributed by atoms with E-state index in [1.807, 2.05) is 20.8 Å². The molecule has 9 heteroatoms. The number of ketones is 2. The monoisotopic (exact) mass is 633 g/mol. The molecule has 0 spiro atoms. The highest BCUT2D eigenvalue weighted by molar-refractivity contribution is 7.88. The molecule has 0 aliphatic heterocycles. The van der Waals surface area contributed by atoms with E-state index in [9.17, 15) is 28.4 Å². The van der Waals surface area contributed by atoms with Gasteiger partial charge in [0.2, 0.25) is 10.0 Å². The Bertz CT molecular complexity index is 1690. The molecule has 0 aromatic carbocycles. The van der Waals surface area contributed by atoms with Gasteiger partial charge in [-0.2, -0.15) is 5.26 Å². The number of pyridine rings is 1. The lowest BCUT2D eigenvalue weighted by Gasteiger charge is -2.71. The third-order valence-electron chi connectivity index (χ3n) is 13.7. The third-order valence-corrected chi connectivity index (χ3v) is 15.3. The second-order valence-corrected chi connectivity index (χ2v) is 18.4. The SMILES string of the molecule is CC1(C)C(=O)C(C#N)=C[C@]2(C)C3=CC(=O)[C@]4(O)[C@@H]5C[C@@](C)(NS(=O)(=O)Cc6cccnc6)CC[C@@]5(C)CC[C@@]4(C)[C@]3(C)CC[C@@H]12. The van der Waals surface area contributed by atoms with E-state index in [0.29, 0.717) is 37.7 Å². The predicted octanol–water partition coefficient (Wildman–Crippen LogP) is 5.59. The van der Waals surface area contributed by atoms with Crippen LogP contribution in [0.3, 0.4) is 0 Å². The van der Waals surface area contributed by atoms with E-state index in [2.05, 4.69) is 43.5 Å². The summed E-state index contributed by atoms with van der Waals surface area (Å²) in [6.07, 6.45) is 11.2. The van der Waals surface area contributed by atoms with Crippen LogP contribution in [-0.4, -0.2) is 41.2 Å². The number of allylic oxidation sites excluding steroid dienone is 3. The molecule has 3 saturated carbocycles. The number of sulfonamides is 1. The van der Waals surface area contributed by atoms with Gasteiger partial charge in [-0.1, -0.05) is 53.7 Å². The molecule has 8 atom stereocenters. The van der Waals surface area contributed by atoms with Crippen molar-refractivity contribution in [3.63, 3.8) is 0 Å². The first-order valence-electron chi connectivity index (χ1n) is 16.3. The van der Waals surface area contributed by atoms with Crippen molar-refractivity contribution in [2.24, 2.45) is 38.9 Å². The van der Waals surface area contributed by atoms with Crippen molar-refractivity contribution in [3.8, 4) is 6.07 Å². The number of carbonyl (C=O) groups is 2. The summed E-state index contributed by atoms with van der Waals surface area (Å²) >= 11 is 0. The molecular formula is C36H47N3O5S. The van der Waals surface area contributed by atoms with Crippen LogP contribution >= 0.6 is 0 Å². The smallest absolute Gasteiger partial charge is 0.216 e. The van der Waals surface area contributed by atoms with Crippen LogP contribution in [-0.2, 0) is 25.4 Å². The van der Waals surface area contributed by atoms with Crippen LogP contribution in [0.4, 0.5) is 0 Å². The van der Waals surface area contributed by atoms with E-state index in [1.54, 1.807) is 36.7 Å². The van der Waals surface area contributed by atoms with Crippen molar-refractivity contribution >= 4 is 21.6 Å². The van der Waals surface area contributed by atoms with Crippen molar-refractivity contribution in [3.05, 3.63) is 53.4 Å². The Hall–Kier alpha value is -2.67. The fourth-order valence-electron chi connectivity index (χ4n) is 11.0. The van der Waals surface area contributed by atoms with Gasteiger partial charge in [0.25, 0.3) is 0 Å². The van der Waals surface area contributed by atoms with Crippen molar-refractivity contribution in [2.45, 2.75) is 110 Å². The van der Waals surface area contributed by atoms with E-state index < -0.39 is 48.7 Å². The van der Waals surface area contributed by atoms with E-state index in [1.165, 1.54) is 0 Å². The average Bonchev–Trinajstić information content (AvgIpc) is 2.95. The maximum absolute atomic E-state index is 14.7. The lowest BCUT2D eigenvalue weighted by Crippen LogP contribution is -2.74. The lowest BCUT2D eigenvalue weighted by molar-refractivity contribution is -0.239. The van der Waals surface area contributed by atoms with Crippen LogP contribution in [0.1, 0.15) is 99.0 Å². The molecule has 1 heterocycles. The molecule has 45 heavy (non-hydrogen) atoms. The zero-order valence-electron chi connectivity index (χ0n) is 27.7. The predicted molar refractivity (Wildman–Crippen MR) is 171 cm³/mol. The van der Waals surface area contributed by atoms with Gasteiger partial charge in [0.05, 0.1) is 11.3 Å². The minimum absolute atomic E-state index is 0.0856. The Kier molecular flexibility index (Phi) is 6.94. The largest absolute Gasteiger partial charge is 0.381 e. The Balaban J connectivity index is 1.42. The van der Waals surface area contributed by atoms with Crippen molar-refractivity contribution in [1.29, 1.82) is 5.26 Å². The van der Waals surface area contributed by atoms with Gasteiger partial charge in [0, 0.05) is 40.1 Å². The van der Waals surface area contributed by atoms with Gasteiger partial charge in [-0.05, 0) is 91.9 Å². The molecule has 8 nitrogen and oxygen atoms in total. The maximum atomic E-state index is 14.7. The molecule has 1 aromatic heterocycles. The number of nitrogens with one attached hydrogen (secondary N) is 1. The van der Waals surface area contributed by atoms with Gasteiger partial charge >= 0.3 is 0 Å². The van der Waals surface area contributed by atoms with Crippen molar-refractivity contribution in [2.75, 3.05) is 0 Å². The van der Waals surface area contributed by atoms with Gasteiger partial charge in [0.15, 0.2) is 11.6 Å². The number of hydrogen-bond acceptors (Lipinski definition) is 7. The Morgan fingerprint density at radius 2 is 1.71 bits per heavy atom. The van der Waals surface area contributed by atoms with Crippen molar-refractivity contribution in [1.82, 2.24) is 9.71 Å². The molecule has 5 aliphatic rings. The molecule has 6 rings (SSSR count). The van der Waals surface area contributed by atoms with E-state index in [-0.39, 0.29) is 34.2 Å². The maximum Gasteiger partial charge on any atom is 0.216 e. The highest BCUT2D eigenvalue weighted by atomic mass is 32.2. The fraction of sp³-hybridized carbons (Fsp3) is 0.667. The Morgan fingerprint density at radius 1 is 1.02 bits per heavy atom. The minimum atomic E-state index is -3.73. The first-order valence-corrected chi connectivity index (χ1v) is 17.9. The number of fused-ring (bicyclic) bond motifs is 7. The van der Waals surface area contributed by atoms with Crippen LogP contribution in [0.5, 0.6) is 0 Å². The first kappa shape index (κ1) is 32.3. The molecule has 0 radical (unpaired) electrons. The number of aliphatic hydroxyl groups is 1. The molecule has 5 aliphatic carbocycles. The molecule has 0 unspecified atom stereocenters. The summed E-state index contributed by atoms with van der Waals surface area (Å²) in [7, 11) is -3.73. The summed E-state index contributed by atoms with van der Waals surface area (Å²) in [4.78, 5) is 32.0. The Labute approximate surface area is 267 Å². The van der Waals surface area contributed by atoms with Crippen LogP contribution in [0.15, 0.2) is 47.8 Å². The van der Waals surface area contributed by atoms with Gasteiger partial charge in [-0.25, -0.2) is 13.1 Å². The summed E-state index contributed by atoms with van der Waals surface area (Å²) in [5.41, 5.74) is -4.12. The second-order valence-electron chi connectivity index (χ2n) is 16.6. The summed E-state index contributed by atoms with van der Waals surface area (Å²) in [5, 5.41) is 23.0. The standard InChI is InChI=1S/C36H47N3O5S/c1-30(2)25-10-11-34(6)26(33(25,5)18-24(20-37)29(30)41)17-28(40)36(42)27-19-32(4,14-12-31(27,3)13-15-35(34,36)7)39-45(43,44)22-23-9-8-16-38-21-23/h8-9,16-18,21,25,27,39,42H,10-15,19,22H2,1-7H3/t25-,27+,31-,32-,33-,34+,35-,36+/m0/s1. The minimum Gasteiger partial charge on any atom is -0.381 e. The first-order chi connectivity index (χ1) is 20.7.